The van der Waals surface area contributed by atoms with Gasteiger partial charge in [0.2, 0.25) is 0 Å². The third-order valence-electron chi connectivity index (χ3n) is 2.68. The van der Waals surface area contributed by atoms with Crippen LogP contribution < -0.4 is 5.32 Å². The van der Waals surface area contributed by atoms with E-state index in [-0.39, 0.29) is 18.7 Å². The molecule has 0 aliphatic heterocycles. The monoisotopic (exact) mass is 269 g/mol. The average Bonchev–Trinajstić information content (AvgIpc) is 2.83. The SMILES string of the molecule is FCCn1cc(CNCc2cccc(F)c2F)cn1. The van der Waals surface area contributed by atoms with Gasteiger partial charge >= 0.3 is 0 Å². The van der Waals surface area contributed by atoms with Crippen LogP contribution in [0.25, 0.3) is 0 Å². The molecular weight excluding hydrogens is 255 g/mol. The number of aromatic nitrogens is 2. The van der Waals surface area contributed by atoms with Crippen molar-refractivity contribution in [1.82, 2.24) is 15.1 Å². The van der Waals surface area contributed by atoms with Crippen molar-refractivity contribution < 1.29 is 13.2 Å². The summed E-state index contributed by atoms with van der Waals surface area (Å²) in [4.78, 5) is 0. The number of rotatable bonds is 6. The summed E-state index contributed by atoms with van der Waals surface area (Å²) in [6.45, 7) is 0.432. The van der Waals surface area contributed by atoms with E-state index in [2.05, 4.69) is 10.4 Å². The summed E-state index contributed by atoms with van der Waals surface area (Å²) in [6.07, 6.45) is 3.33. The highest BCUT2D eigenvalue weighted by atomic mass is 19.2. The molecule has 0 unspecified atom stereocenters. The molecule has 3 nitrogen and oxygen atoms in total. The standard InChI is InChI=1S/C13H14F3N3/c14-4-5-19-9-10(7-18-19)6-17-8-11-2-1-3-12(15)13(11)16/h1-3,7,9,17H,4-6,8H2. The molecule has 6 heteroatoms. The molecule has 1 N–H and O–H groups in total. The highest BCUT2D eigenvalue weighted by molar-refractivity contribution is 5.18. The van der Waals surface area contributed by atoms with Crippen molar-refractivity contribution in [2.75, 3.05) is 6.67 Å². The van der Waals surface area contributed by atoms with E-state index in [9.17, 15) is 13.2 Å². The molecule has 0 atom stereocenters. The largest absolute Gasteiger partial charge is 0.308 e. The fraction of sp³-hybridized carbons (Fsp3) is 0.308. The van der Waals surface area contributed by atoms with Gasteiger partial charge in [-0.05, 0) is 6.07 Å². The molecule has 0 aliphatic rings. The Kier molecular flexibility index (Phi) is 4.57. The first-order valence-electron chi connectivity index (χ1n) is 5.91. The van der Waals surface area contributed by atoms with Crippen LogP contribution in [0.3, 0.4) is 0 Å². The van der Waals surface area contributed by atoms with Gasteiger partial charge in [-0.3, -0.25) is 4.68 Å². The van der Waals surface area contributed by atoms with Gasteiger partial charge in [0, 0.05) is 30.4 Å². The van der Waals surface area contributed by atoms with Crippen LogP contribution >= 0.6 is 0 Å². The number of nitrogens with one attached hydrogen (secondary N) is 1. The van der Waals surface area contributed by atoms with E-state index in [1.165, 1.54) is 16.8 Å². The first-order chi connectivity index (χ1) is 9.20. The maximum atomic E-state index is 13.4. The quantitative estimate of drug-likeness (QED) is 0.872. The molecule has 0 fully saturated rings. The van der Waals surface area contributed by atoms with Gasteiger partial charge in [0.05, 0.1) is 12.7 Å². The van der Waals surface area contributed by atoms with Crippen molar-refractivity contribution in [2.45, 2.75) is 19.6 Å². The average molecular weight is 269 g/mol. The van der Waals surface area contributed by atoms with E-state index in [0.29, 0.717) is 6.54 Å². The molecule has 0 saturated heterocycles. The van der Waals surface area contributed by atoms with Gasteiger partial charge in [-0.25, -0.2) is 13.2 Å². The molecule has 2 aromatic rings. The Labute approximate surface area is 109 Å². The summed E-state index contributed by atoms with van der Waals surface area (Å²) >= 11 is 0. The van der Waals surface area contributed by atoms with Gasteiger partial charge in [-0.1, -0.05) is 12.1 Å². The molecule has 1 aromatic heterocycles. The lowest BCUT2D eigenvalue weighted by molar-refractivity contribution is 0.427. The molecule has 102 valence electrons. The third-order valence-corrected chi connectivity index (χ3v) is 2.68. The summed E-state index contributed by atoms with van der Waals surface area (Å²) in [5.74, 6) is -1.68. The topological polar surface area (TPSA) is 29.9 Å². The van der Waals surface area contributed by atoms with Crippen molar-refractivity contribution in [3.8, 4) is 0 Å². The second-order valence-electron chi connectivity index (χ2n) is 4.12. The Hall–Kier alpha value is -1.82. The zero-order valence-corrected chi connectivity index (χ0v) is 10.2. The smallest absolute Gasteiger partial charge is 0.163 e. The number of hydrogen-bond donors (Lipinski definition) is 1. The number of aryl methyl sites for hydroxylation is 1. The first kappa shape index (κ1) is 13.6. The van der Waals surface area contributed by atoms with Crippen LogP contribution in [0, 0.1) is 11.6 Å². The maximum Gasteiger partial charge on any atom is 0.163 e. The number of benzene rings is 1. The second-order valence-corrected chi connectivity index (χ2v) is 4.12. The molecule has 19 heavy (non-hydrogen) atoms. The molecule has 0 saturated carbocycles. The Morgan fingerprint density at radius 3 is 2.84 bits per heavy atom. The van der Waals surface area contributed by atoms with Gasteiger partial charge in [0.1, 0.15) is 6.67 Å². The van der Waals surface area contributed by atoms with Gasteiger partial charge < -0.3 is 5.32 Å². The number of nitrogens with zero attached hydrogens (tertiary/aromatic N) is 2. The van der Waals surface area contributed by atoms with Crippen molar-refractivity contribution in [1.29, 1.82) is 0 Å². The van der Waals surface area contributed by atoms with E-state index in [0.717, 1.165) is 11.6 Å². The van der Waals surface area contributed by atoms with Gasteiger partial charge in [-0.2, -0.15) is 5.10 Å². The zero-order chi connectivity index (χ0) is 13.7. The minimum atomic E-state index is -0.852. The lowest BCUT2D eigenvalue weighted by atomic mass is 10.2. The zero-order valence-electron chi connectivity index (χ0n) is 10.2. The minimum Gasteiger partial charge on any atom is -0.308 e. The van der Waals surface area contributed by atoms with Crippen LogP contribution in [-0.4, -0.2) is 16.5 Å². The Balaban J connectivity index is 1.87. The molecule has 2 rings (SSSR count). The molecule has 0 bridgehead atoms. The molecule has 0 radical (unpaired) electrons. The normalized spacial score (nSPS) is 10.9. The fourth-order valence-corrected chi connectivity index (χ4v) is 1.73. The lowest BCUT2D eigenvalue weighted by Gasteiger charge is -2.05. The molecular formula is C13H14F3N3. The summed E-state index contributed by atoms with van der Waals surface area (Å²) in [5.41, 5.74) is 1.14. The van der Waals surface area contributed by atoms with E-state index in [1.54, 1.807) is 12.4 Å². The Bertz CT molecular complexity index is 540. The van der Waals surface area contributed by atoms with Crippen molar-refractivity contribution >= 4 is 0 Å². The van der Waals surface area contributed by atoms with Crippen molar-refractivity contribution in [3.63, 3.8) is 0 Å². The molecule has 1 heterocycles. The van der Waals surface area contributed by atoms with Crippen LogP contribution in [0.15, 0.2) is 30.6 Å². The van der Waals surface area contributed by atoms with Crippen LogP contribution in [0.5, 0.6) is 0 Å². The van der Waals surface area contributed by atoms with E-state index in [4.69, 9.17) is 0 Å². The molecule has 0 spiro atoms. The van der Waals surface area contributed by atoms with E-state index in [1.807, 2.05) is 0 Å². The molecule has 0 aliphatic carbocycles. The van der Waals surface area contributed by atoms with Crippen LogP contribution in [0.1, 0.15) is 11.1 Å². The summed E-state index contributed by atoms with van der Waals surface area (Å²) in [5, 5.41) is 6.95. The van der Waals surface area contributed by atoms with Gasteiger partial charge in [-0.15, -0.1) is 0 Å². The molecule has 1 aromatic carbocycles. The predicted molar refractivity (Wildman–Crippen MR) is 65.1 cm³/mol. The van der Waals surface area contributed by atoms with Crippen LogP contribution in [-0.2, 0) is 19.6 Å². The second kappa shape index (κ2) is 6.38. The maximum absolute atomic E-state index is 13.4. The highest BCUT2D eigenvalue weighted by Gasteiger charge is 2.07. The fourth-order valence-electron chi connectivity index (χ4n) is 1.73. The summed E-state index contributed by atoms with van der Waals surface area (Å²) in [6, 6.07) is 4.08. The van der Waals surface area contributed by atoms with Gasteiger partial charge in [0.25, 0.3) is 0 Å². The minimum absolute atomic E-state index is 0.220. The summed E-state index contributed by atoms with van der Waals surface area (Å²) < 4.78 is 39.9. The lowest BCUT2D eigenvalue weighted by Crippen LogP contribution is -2.13. The highest BCUT2D eigenvalue weighted by Crippen LogP contribution is 2.11. The Morgan fingerprint density at radius 1 is 1.21 bits per heavy atom. The van der Waals surface area contributed by atoms with Crippen molar-refractivity contribution in [2.24, 2.45) is 0 Å². The first-order valence-corrected chi connectivity index (χ1v) is 5.91. The number of alkyl halides is 1. The third kappa shape index (κ3) is 3.57. The number of halogens is 3. The van der Waals surface area contributed by atoms with E-state index >= 15 is 0 Å². The van der Waals surface area contributed by atoms with Crippen molar-refractivity contribution in [3.05, 3.63) is 53.4 Å². The Morgan fingerprint density at radius 2 is 2.05 bits per heavy atom. The summed E-state index contributed by atoms with van der Waals surface area (Å²) in [7, 11) is 0. The van der Waals surface area contributed by atoms with Crippen LogP contribution in [0.2, 0.25) is 0 Å². The van der Waals surface area contributed by atoms with Gasteiger partial charge in [0.15, 0.2) is 11.6 Å². The molecule has 0 amide bonds. The van der Waals surface area contributed by atoms with E-state index < -0.39 is 18.3 Å². The predicted octanol–water partition coefficient (Wildman–Crippen LogP) is 2.42. The number of hydrogen-bond acceptors (Lipinski definition) is 2. The van der Waals surface area contributed by atoms with Crippen LogP contribution in [0.4, 0.5) is 13.2 Å².